The van der Waals surface area contributed by atoms with Crippen LogP contribution in [0, 0.1) is 17.1 Å². The van der Waals surface area contributed by atoms with Crippen molar-refractivity contribution in [2.45, 2.75) is 19.1 Å². The number of nitrogens with zero attached hydrogens (tertiary/aromatic N) is 4. The predicted octanol–water partition coefficient (Wildman–Crippen LogP) is 2.89. The molecular weight excluding hydrogens is 323 g/mol. The molecule has 1 aromatic carbocycles. The van der Waals surface area contributed by atoms with Gasteiger partial charge in [-0.2, -0.15) is 5.26 Å². The zero-order valence-corrected chi connectivity index (χ0v) is 13.4. The van der Waals surface area contributed by atoms with E-state index >= 15 is 0 Å². The molecule has 0 bridgehead atoms. The highest BCUT2D eigenvalue weighted by Gasteiger charge is 2.25. The van der Waals surface area contributed by atoms with Crippen LogP contribution >= 0.6 is 0 Å². The van der Waals surface area contributed by atoms with Crippen LogP contribution in [0.3, 0.4) is 0 Å². The molecule has 1 unspecified atom stereocenters. The van der Waals surface area contributed by atoms with Crippen molar-refractivity contribution in [3.63, 3.8) is 0 Å². The van der Waals surface area contributed by atoms with Crippen molar-refractivity contribution in [2.24, 2.45) is 0 Å². The van der Waals surface area contributed by atoms with E-state index in [9.17, 15) is 4.39 Å². The summed E-state index contributed by atoms with van der Waals surface area (Å²) < 4.78 is 24.7. The van der Waals surface area contributed by atoms with Crippen molar-refractivity contribution in [3.8, 4) is 11.9 Å². The average Bonchev–Trinajstić information content (AvgIpc) is 3.21. The van der Waals surface area contributed by atoms with Gasteiger partial charge in [-0.3, -0.25) is 4.90 Å². The lowest BCUT2D eigenvalue weighted by Gasteiger charge is -2.14. The molecule has 1 fully saturated rings. The molecule has 3 aromatic rings. The van der Waals surface area contributed by atoms with Crippen LogP contribution < -0.4 is 4.74 Å². The molecule has 2 aromatic heterocycles. The topological polar surface area (TPSA) is 75.2 Å². The molecule has 1 saturated heterocycles. The lowest BCUT2D eigenvalue weighted by atomic mass is 10.3. The fraction of sp³-hybridized carbons (Fsp3) is 0.278. The molecule has 126 valence electrons. The fourth-order valence-corrected chi connectivity index (χ4v) is 2.93. The van der Waals surface area contributed by atoms with Crippen molar-refractivity contribution in [1.29, 1.82) is 5.26 Å². The Labute approximate surface area is 143 Å². The number of rotatable bonds is 4. The van der Waals surface area contributed by atoms with E-state index in [-0.39, 0.29) is 11.9 Å². The van der Waals surface area contributed by atoms with E-state index in [0.29, 0.717) is 35.0 Å². The smallest absolute Gasteiger partial charge is 0.213 e. The summed E-state index contributed by atoms with van der Waals surface area (Å²) in [7, 11) is 0. The number of likely N-dealkylation sites (tertiary alicyclic amines) is 1. The third kappa shape index (κ3) is 3.44. The second kappa shape index (κ2) is 6.49. The molecule has 0 spiro atoms. The zero-order valence-electron chi connectivity index (χ0n) is 13.4. The fourth-order valence-electron chi connectivity index (χ4n) is 2.93. The second-order valence-electron chi connectivity index (χ2n) is 5.98. The van der Waals surface area contributed by atoms with Crippen molar-refractivity contribution in [1.82, 2.24) is 14.9 Å². The Hall–Kier alpha value is -2.98. The number of hydrogen-bond acceptors (Lipinski definition) is 6. The first-order chi connectivity index (χ1) is 12.2. The minimum Gasteiger partial charge on any atom is -0.473 e. The van der Waals surface area contributed by atoms with Crippen LogP contribution in [-0.4, -0.2) is 34.1 Å². The quantitative estimate of drug-likeness (QED) is 0.728. The number of halogens is 1. The van der Waals surface area contributed by atoms with Crippen LogP contribution in [0.15, 0.2) is 40.9 Å². The summed E-state index contributed by atoms with van der Waals surface area (Å²) in [5.74, 6) is 0.751. The summed E-state index contributed by atoms with van der Waals surface area (Å²) in [5, 5.41) is 8.78. The minimum absolute atomic E-state index is 0.0299. The Morgan fingerprint density at radius 3 is 3.08 bits per heavy atom. The van der Waals surface area contributed by atoms with E-state index in [2.05, 4.69) is 14.9 Å². The van der Waals surface area contributed by atoms with Crippen LogP contribution in [-0.2, 0) is 6.54 Å². The van der Waals surface area contributed by atoms with Gasteiger partial charge < -0.3 is 9.15 Å². The highest BCUT2D eigenvalue weighted by Crippen LogP contribution is 2.21. The summed E-state index contributed by atoms with van der Waals surface area (Å²) in [4.78, 5) is 10.7. The number of pyridine rings is 1. The van der Waals surface area contributed by atoms with Gasteiger partial charge in [-0.15, -0.1) is 0 Å². The van der Waals surface area contributed by atoms with E-state index in [1.165, 1.54) is 18.3 Å². The monoisotopic (exact) mass is 338 g/mol. The van der Waals surface area contributed by atoms with Crippen molar-refractivity contribution < 1.29 is 13.5 Å². The van der Waals surface area contributed by atoms with E-state index in [1.54, 1.807) is 18.2 Å². The normalized spacial score (nSPS) is 17.7. The van der Waals surface area contributed by atoms with Crippen LogP contribution in [0.1, 0.15) is 17.9 Å². The van der Waals surface area contributed by atoms with E-state index in [0.717, 1.165) is 19.5 Å². The molecule has 1 atom stereocenters. The van der Waals surface area contributed by atoms with Gasteiger partial charge in [0, 0.05) is 31.4 Å². The number of ether oxygens (including phenoxy) is 1. The summed E-state index contributed by atoms with van der Waals surface area (Å²) in [6.45, 7) is 2.14. The lowest BCUT2D eigenvalue weighted by molar-refractivity contribution is 0.187. The Kier molecular flexibility index (Phi) is 4.04. The highest BCUT2D eigenvalue weighted by molar-refractivity contribution is 5.72. The first-order valence-corrected chi connectivity index (χ1v) is 8.00. The van der Waals surface area contributed by atoms with Gasteiger partial charge in [0.15, 0.2) is 5.58 Å². The number of nitriles is 1. The molecule has 0 radical (unpaired) electrons. The van der Waals surface area contributed by atoms with Gasteiger partial charge in [0.2, 0.25) is 11.8 Å². The first kappa shape index (κ1) is 15.5. The molecule has 6 nitrogen and oxygen atoms in total. The standard InChI is InChI=1S/C18H15FN4O2/c19-13-2-3-15-16(7-13)25-18(22-15)11-23-6-5-14(10-23)24-17-4-1-12(8-20)9-21-17/h1-4,7,9,14H,5-6,10-11H2. The third-order valence-corrected chi connectivity index (χ3v) is 4.14. The van der Waals surface area contributed by atoms with Gasteiger partial charge in [-0.05, 0) is 24.6 Å². The minimum atomic E-state index is -0.334. The lowest BCUT2D eigenvalue weighted by Crippen LogP contribution is -2.24. The molecule has 1 aliphatic heterocycles. The molecule has 4 rings (SSSR count). The average molecular weight is 338 g/mol. The molecule has 0 amide bonds. The molecule has 0 saturated carbocycles. The SMILES string of the molecule is N#Cc1ccc(OC2CCN(Cc3nc4ccc(F)cc4o3)C2)nc1. The maximum absolute atomic E-state index is 13.2. The summed E-state index contributed by atoms with van der Waals surface area (Å²) in [6.07, 6.45) is 2.40. The Balaban J connectivity index is 1.37. The molecule has 0 N–H and O–H groups in total. The Morgan fingerprint density at radius 1 is 1.36 bits per heavy atom. The number of aromatic nitrogens is 2. The number of hydrogen-bond donors (Lipinski definition) is 0. The molecule has 7 heteroatoms. The summed E-state index contributed by atoms with van der Waals surface area (Å²) >= 11 is 0. The van der Waals surface area contributed by atoms with Gasteiger partial charge in [0.05, 0.1) is 12.1 Å². The van der Waals surface area contributed by atoms with Crippen molar-refractivity contribution in [3.05, 3.63) is 53.8 Å². The molecule has 25 heavy (non-hydrogen) atoms. The van der Waals surface area contributed by atoms with Gasteiger partial charge >= 0.3 is 0 Å². The Bertz CT molecular complexity index is 932. The summed E-state index contributed by atoms with van der Waals surface area (Å²) in [6, 6.07) is 9.76. The second-order valence-corrected chi connectivity index (χ2v) is 5.98. The van der Waals surface area contributed by atoms with Gasteiger partial charge in [-0.1, -0.05) is 0 Å². The first-order valence-electron chi connectivity index (χ1n) is 8.00. The van der Waals surface area contributed by atoms with Crippen molar-refractivity contribution >= 4 is 11.1 Å². The zero-order chi connectivity index (χ0) is 17.2. The number of benzene rings is 1. The van der Waals surface area contributed by atoms with Gasteiger partial charge in [0.25, 0.3) is 0 Å². The number of fused-ring (bicyclic) bond motifs is 1. The number of oxazole rings is 1. The maximum Gasteiger partial charge on any atom is 0.213 e. The summed E-state index contributed by atoms with van der Waals surface area (Å²) in [5.41, 5.74) is 1.63. The highest BCUT2D eigenvalue weighted by atomic mass is 19.1. The van der Waals surface area contributed by atoms with Gasteiger partial charge in [-0.25, -0.2) is 14.4 Å². The van der Waals surface area contributed by atoms with Crippen LogP contribution in [0.4, 0.5) is 4.39 Å². The maximum atomic E-state index is 13.2. The molecule has 3 heterocycles. The van der Waals surface area contributed by atoms with Crippen LogP contribution in [0.2, 0.25) is 0 Å². The Morgan fingerprint density at radius 2 is 2.28 bits per heavy atom. The van der Waals surface area contributed by atoms with E-state index in [1.807, 2.05) is 6.07 Å². The molecule has 0 aliphatic carbocycles. The third-order valence-electron chi connectivity index (χ3n) is 4.14. The molecule has 1 aliphatic rings. The largest absolute Gasteiger partial charge is 0.473 e. The van der Waals surface area contributed by atoms with Crippen LogP contribution in [0.25, 0.3) is 11.1 Å². The van der Waals surface area contributed by atoms with Crippen molar-refractivity contribution in [2.75, 3.05) is 13.1 Å². The van der Waals surface area contributed by atoms with E-state index < -0.39 is 0 Å². The predicted molar refractivity (Wildman–Crippen MR) is 87.2 cm³/mol. The van der Waals surface area contributed by atoms with Gasteiger partial charge in [0.1, 0.15) is 23.5 Å². The van der Waals surface area contributed by atoms with Crippen LogP contribution in [0.5, 0.6) is 5.88 Å². The molecular formula is C18H15FN4O2. The van der Waals surface area contributed by atoms with E-state index in [4.69, 9.17) is 14.4 Å².